The number of likely N-dealkylation sites (tertiary alicyclic amines) is 2. The van der Waals surface area contributed by atoms with E-state index >= 15 is 0 Å². The minimum absolute atomic E-state index is 0.153. The zero-order valence-electron chi connectivity index (χ0n) is 30.7. The maximum absolute atomic E-state index is 11.9. The van der Waals surface area contributed by atoms with Gasteiger partial charge in [-0.05, 0) is 90.6 Å². The van der Waals surface area contributed by atoms with Crippen molar-refractivity contribution < 1.29 is 19.1 Å². The van der Waals surface area contributed by atoms with Crippen LogP contribution in [0.3, 0.4) is 0 Å². The molecule has 0 unspecified atom stereocenters. The summed E-state index contributed by atoms with van der Waals surface area (Å²) in [6.45, 7) is 27.6. The molecule has 0 N–H and O–H groups in total. The maximum Gasteiger partial charge on any atom is 0.410 e. The molecule has 254 valence electrons. The van der Waals surface area contributed by atoms with Crippen LogP contribution in [0.2, 0.25) is 0 Å². The molecule has 0 saturated carbocycles. The Morgan fingerprint density at radius 2 is 1.37 bits per heavy atom. The predicted octanol–water partition coefficient (Wildman–Crippen LogP) is 7.19. The van der Waals surface area contributed by atoms with Crippen LogP contribution in [0.1, 0.15) is 108 Å². The average Bonchev–Trinajstić information content (AvgIpc) is 2.92. The first-order valence-corrected chi connectivity index (χ1v) is 16.7. The Hall–Kier alpha value is -2.09. The van der Waals surface area contributed by atoms with Gasteiger partial charge in [0.05, 0.1) is 0 Å². The van der Waals surface area contributed by atoms with Gasteiger partial charge in [0.25, 0.3) is 0 Å². The van der Waals surface area contributed by atoms with Crippen molar-refractivity contribution in [3.63, 3.8) is 0 Å². The molecule has 0 radical (unpaired) electrons. The fraction of sp³-hybridized carbons (Fsp3) is 0.857. The Balaban J connectivity index is 0. The molecule has 0 aliphatic carbocycles. The van der Waals surface area contributed by atoms with E-state index in [0.29, 0.717) is 5.92 Å². The number of likely N-dealkylation sites (N-methyl/N-ethyl adjacent to an activating group) is 1. The third-order valence-electron chi connectivity index (χ3n) is 7.54. The van der Waals surface area contributed by atoms with Crippen LogP contribution >= 0.6 is 0 Å². The van der Waals surface area contributed by atoms with Gasteiger partial charge in [0, 0.05) is 59.3 Å². The fourth-order valence-corrected chi connectivity index (χ4v) is 4.38. The Morgan fingerprint density at radius 1 is 0.884 bits per heavy atom. The van der Waals surface area contributed by atoms with Crippen LogP contribution in [0.4, 0.5) is 4.79 Å². The summed E-state index contributed by atoms with van der Waals surface area (Å²) in [5.74, 6) is 3.30. The van der Waals surface area contributed by atoms with E-state index < -0.39 is 0 Å². The number of piperidine rings is 2. The SMILES string of the molecule is CC.CC(=O)N(C)CCC(C)C.CC(C)C1CCN(C(=O)/C=C/CN(C)C)CC1.CC1CCN(C(=O)OC(C)(C)C)CC1. The molecule has 2 fully saturated rings. The van der Waals surface area contributed by atoms with Gasteiger partial charge in [-0.1, -0.05) is 54.5 Å². The largest absolute Gasteiger partial charge is 0.444 e. The van der Waals surface area contributed by atoms with Gasteiger partial charge in [-0.15, -0.1) is 0 Å². The smallest absolute Gasteiger partial charge is 0.410 e. The molecule has 2 heterocycles. The Labute approximate surface area is 266 Å². The molecule has 8 heteroatoms. The molecule has 0 aromatic carbocycles. The number of carbonyl (C=O) groups excluding carboxylic acids is 3. The fourth-order valence-electron chi connectivity index (χ4n) is 4.38. The molecule has 0 atom stereocenters. The molecule has 0 spiro atoms. The monoisotopic (exact) mass is 611 g/mol. The lowest BCUT2D eigenvalue weighted by molar-refractivity contribution is -0.128. The van der Waals surface area contributed by atoms with Crippen molar-refractivity contribution in [2.24, 2.45) is 23.7 Å². The zero-order valence-corrected chi connectivity index (χ0v) is 30.7. The lowest BCUT2D eigenvalue weighted by Gasteiger charge is -2.33. The minimum Gasteiger partial charge on any atom is -0.444 e. The van der Waals surface area contributed by atoms with Crippen molar-refractivity contribution >= 4 is 17.9 Å². The molecule has 8 nitrogen and oxygen atoms in total. The highest BCUT2D eigenvalue weighted by Gasteiger charge is 2.25. The first-order chi connectivity index (χ1) is 19.9. The van der Waals surface area contributed by atoms with Gasteiger partial charge in [-0.3, -0.25) is 9.59 Å². The summed E-state index contributed by atoms with van der Waals surface area (Å²) in [7, 11) is 5.84. The standard InChI is InChI=1S/C14H26N2O.C11H21NO2.C8H17NO.C2H6/c1-12(2)13-7-10-16(11-8-13)14(17)6-5-9-15(3)4;1-9-5-7-12(8-6-9)10(13)14-11(2,3)4;1-7(2)5-6-9(4)8(3)10;1-2/h5-6,12-13H,7-11H2,1-4H3;9H,5-8H2,1-4H3;7H,5-6H2,1-4H3;1-2H3/b6-5+;;;. The highest BCUT2D eigenvalue weighted by Crippen LogP contribution is 2.24. The van der Waals surface area contributed by atoms with E-state index in [9.17, 15) is 14.4 Å². The zero-order chi connectivity index (χ0) is 33.8. The minimum atomic E-state index is -0.375. The molecule has 2 aliphatic rings. The lowest BCUT2D eigenvalue weighted by atomic mass is 9.87. The summed E-state index contributed by atoms with van der Waals surface area (Å²) in [6.07, 6.45) is 9.10. The molecule has 2 aliphatic heterocycles. The first kappa shape index (κ1) is 43.0. The van der Waals surface area contributed by atoms with Gasteiger partial charge >= 0.3 is 6.09 Å². The quantitative estimate of drug-likeness (QED) is 0.285. The van der Waals surface area contributed by atoms with Gasteiger partial charge in [0.2, 0.25) is 11.8 Å². The third-order valence-corrected chi connectivity index (χ3v) is 7.54. The number of rotatable bonds is 7. The van der Waals surface area contributed by atoms with E-state index in [-0.39, 0.29) is 23.5 Å². The number of hydrogen-bond donors (Lipinski definition) is 0. The highest BCUT2D eigenvalue weighted by molar-refractivity contribution is 5.87. The summed E-state index contributed by atoms with van der Waals surface area (Å²) < 4.78 is 5.30. The second-order valence-electron chi connectivity index (χ2n) is 13.8. The number of amides is 3. The predicted molar refractivity (Wildman–Crippen MR) is 182 cm³/mol. The molecule has 0 aromatic rings. The Bertz CT molecular complexity index is 773. The van der Waals surface area contributed by atoms with Crippen molar-refractivity contribution in [2.75, 3.05) is 60.4 Å². The molecule has 0 bridgehead atoms. The summed E-state index contributed by atoms with van der Waals surface area (Å²) in [6, 6.07) is 0. The number of nitrogens with zero attached hydrogens (tertiary/aromatic N) is 4. The summed E-state index contributed by atoms with van der Waals surface area (Å²) in [4.78, 5) is 41.8. The lowest BCUT2D eigenvalue weighted by Crippen LogP contribution is -2.41. The van der Waals surface area contributed by atoms with E-state index in [2.05, 4.69) is 39.5 Å². The molecular formula is C35H70N4O4. The van der Waals surface area contributed by atoms with Crippen LogP contribution in [0.5, 0.6) is 0 Å². The van der Waals surface area contributed by atoms with Crippen molar-refractivity contribution in [3.05, 3.63) is 12.2 Å². The van der Waals surface area contributed by atoms with Gasteiger partial charge in [0.15, 0.2) is 0 Å². The Morgan fingerprint density at radius 3 is 1.77 bits per heavy atom. The van der Waals surface area contributed by atoms with E-state index in [1.807, 2.05) is 71.6 Å². The summed E-state index contributed by atoms with van der Waals surface area (Å²) in [5, 5.41) is 0. The second kappa shape index (κ2) is 23.3. The molecule has 2 saturated heterocycles. The van der Waals surface area contributed by atoms with Crippen molar-refractivity contribution in [1.82, 2.24) is 19.6 Å². The number of carbonyl (C=O) groups is 3. The van der Waals surface area contributed by atoms with Gasteiger partial charge in [0.1, 0.15) is 5.60 Å². The highest BCUT2D eigenvalue weighted by atomic mass is 16.6. The molecule has 2 rings (SSSR count). The third kappa shape index (κ3) is 23.0. The van der Waals surface area contributed by atoms with Crippen LogP contribution < -0.4 is 0 Å². The van der Waals surface area contributed by atoms with E-state index in [1.54, 1.807) is 17.9 Å². The van der Waals surface area contributed by atoms with E-state index in [0.717, 1.165) is 89.1 Å². The first-order valence-electron chi connectivity index (χ1n) is 16.7. The van der Waals surface area contributed by atoms with Crippen molar-refractivity contribution in [3.8, 4) is 0 Å². The van der Waals surface area contributed by atoms with Crippen LogP contribution in [0.15, 0.2) is 12.2 Å². The summed E-state index contributed by atoms with van der Waals surface area (Å²) >= 11 is 0. The van der Waals surface area contributed by atoms with E-state index in [1.165, 1.54) is 0 Å². The second-order valence-corrected chi connectivity index (χ2v) is 13.8. The van der Waals surface area contributed by atoms with E-state index in [4.69, 9.17) is 4.74 Å². The van der Waals surface area contributed by atoms with Gasteiger partial charge in [-0.25, -0.2) is 4.79 Å². The molecule has 3 amide bonds. The average molecular weight is 611 g/mol. The van der Waals surface area contributed by atoms with Crippen LogP contribution in [-0.4, -0.2) is 104 Å². The van der Waals surface area contributed by atoms with Gasteiger partial charge < -0.3 is 24.3 Å². The summed E-state index contributed by atoms with van der Waals surface area (Å²) in [5.41, 5.74) is -0.375. The van der Waals surface area contributed by atoms with Crippen LogP contribution in [0, 0.1) is 23.7 Å². The van der Waals surface area contributed by atoms with Crippen LogP contribution in [0.25, 0.3) is 0 Å². The Kier molecular flexibility index (Phi) is 23.3. The van der Waals surface area contributed by atoms with Gasteiger partial charge in [-0.2, -0.15) is 0 Å². The van der Waals surface area contributed by atoms with Crippen molar-refractivity contribution in [1.29, 1.82) is 0 Å². The molecule has 43 heavy (non-hydrogen) atoms. The molecular weight excluding hydrogens is 540 g/mol. The number of ether oxygens (including phenoxy) is 1. The maximum atomic E-state index is 11.9. The normalized spacial score (nSPS) is 16.2. The van der Waals surface area contributed by atoms with Crippen molar-refractivity contribution in [2.45, 2.75) is 114 Å². The topological polar surface area (TPSA) is 73.4 Å². The number of hydrogen-bond acceptors (Lipinski definition) is 5. The molecule has 0 aromatic heterocycles. The van der Waals surface area contributed by atoms with Crippen LogP contribution in [-0.2, 0) is 14.3 Å².